The van der Waals surface area contributed by atoms with Crippen LogP contribution in [0.5, 0.6) is 0 Å². The Kier molecular flexibility index (Phi) is 4.11. The molecule has 2 heterocycles. The van der Waals surface area contributed by atoms with Crippen LogP contribution in [0.1, 0.15) is 5.56 Å². The van der Waals surface area contributed by atoms with Gasteiger partial charge in [0.15, 0.2) is 0 Å². The van der Waals surface area contributed by atoms with E-state index in [1.54, 1.807) is 18.8 Å². The quantitative estimate of drug-likeness (QED) is 0.523. The Labute approximate surface area is 135 Å². The maximum atomic E-state index is 11.1. The number of benzene rings is 1. The molecule has 0 fully saturated rings. The first-order valence-electron chi connectivity index (χ1n) is 6.69. The molecule has 0 spiro atoms. The van der Waals surface area contributed by atoms with Crippen molar-refractivity contribution in [3.8, 4) is 23.0 Å². The van der Waals surface area contributed by atoms with Crippen molar-refractivity contribution in [3.05, 3.63) is 46.1 Å². The first-order chi connectivity index (χ1) is 11.1. The molecule has 3 rings (SSSR count). The molecule has 0 aliphatic carbocycles. The summed E-state index contributed by atoms with van der Waals surface area (Å²) in [4.78, 5) is 14.8. The predicted octanol–water partition coefficient (Wildman–Crippen LogP) is 2.91. The first-order valence-corrected chi connectivity index (χ1v) is 8.08. The summed E-state index contributed by atoms with van der Waals surface area (Å²) in [5, 5.41) is 19.0. The number of rotatable bonds is 5. The zero-order valence-corrected chi connectivity index (χ0v) is 13.3. The van der Waals surface area contributed by atoms with E-state index >= 15 is 0 Å². The molecule has 0 aliphatic heterocycles. The van der Waals surface area contributed by atoms with Gasteiger partial charge >= 0.3 is 5.69 Å². The Bertz CT molecular complexity index is 858. The third-order valence-corrected chi connectivity index (χ3v) is 3.75. The molecule has 0 unspecified atom stereocenters. The molecular weight excluding hydrogens is 318 g/mol. The van der Waals surface area contributed by atoms with E-state index in [1.807, 2.05) is 30.5 Å². The normalized spacial score (nSPS) is 10.9. The summed E-state index contributed by atoms with van der Waals surface area (Å²) in [6, 6.07) is 7.77. The van der Waals surface area contributed by atoms with E-state index in [9.17, 15) is 10.1 Å². The van der Waals surface area contributed by atoms with Gasteiger partial charge < -0.3 is 4.52 Å². The Morgan fingerprint density at radius 2 is 2.26 bits per heavy atom. The van der Waals surface area contributed by atoms with Crippen LogP contribution in [0, 0.1) is 10.1 Å². The molecule has 9 heteroatoms. The Balaban J connectivity index is 1.98. The summed E-state index contributed by atoms with van der Waals surface area (Å²) in [5.41, 5.74) is 1.84. The second-order valence-electron chi connectivity index (χ2n) is 4.85. The fourth-order valence-electron chi connectivity index (χ4n) is 2.17. The highest BCUT2D eigenvalue weighted by atomic mass is 32.2. The molecule has 0 N–H and O–H groups in total. The molecule has 0 saturated heterocycles. The number of nitro groups is 1. The summed E-state index contributed by atoms with van der Waals surface area (Å²) in [7, 11) is 1.60. The molecular formula is C14H13N5O3S. The largest absolute Gasteiger partial charge is 0.332 e. The van der Waals surface area contributed by atoms with Gasteiger partial charge in [-0.15, -0.1) is 0 Å². The molecule has 0 bridgehead atoms. The Morgan fingerprint density at radius 1 is 1.43 bits per heavy atom. The first kappa shape index (κ1) is 15.2. The summed E-state index contributed by atoms with van der Waals surface area (Å²) >= 11 is 1.72. The minimum atomic E-state index is -0.523. The fraction of sp³-hybridized carbons (Fsp3) is 0.214. The van der Waals surface area contributed by atoms with Crippen molar-refractivity contribution in [1.82, 2.24) is 19.9 Å². The van der Waals surface area contributed by atoms with Gasteiger partial charge in [-0.3, -0.25) is 14.8 Å². The second-order valence-corrected chi connectivity index (χ2v) is 5.72. The number of thioether (sulfide) groups is 1. The van der Waals surface area contributed by atoms with Gasteiger partial charge in [-0.05, 0) is 17.9 Å². The molecule has 0 saturated carbocycles. The topological polar surface area (TPSA) is 99.9 Å². The van der Waals surface area contributed by atoms with Gasteiger partial charge in [-0.1, -0.05) is 23.4 Å². The van der Waals surface area contributed by atoms with Crippen LogP contribution in [-0.4, -0.2) is 31.1 Å². The highest BCUT2D eigenvalue weighted by molar-refractivity contribution is 7.97. The van der Waals surface area contributed by atoms with E-state index in [1.165, 1.54) is 10.9 Å². The van der Waals surface area contributed by atoms with Crippen molar-refractivity contribution in [1.29, 1.82) is 0 Å². The van der Waals surface area contributed by atoms with Crippen LogP contribution >= 0.6 is 11.8 Å². The minimum absolute atomic E-state index is 0.0302. The van der Waals surface area contributed by atoms with E-state index in [0.29, 0.717) is 5.82 Å². The highest BCUT2D eigenvalue weighted by Gasteiger charge is 2.25. The maximum Gasteiger partial charge on any atom is 0.320 e. The van der Waals surface area contributed by atoms with Gasteiger partial charge in [0.25, 0.3) is 5.89 Å². The average Bonchev–Trinajstić information content (AvgIpc) is 3.14. The second kappa shape index (κ2) is 6.21. The van der Waals surface area contributed by atoms with E-state index in [-0.39, 0.29) is 17.3 Å². The van der Waals surface area contributed by atoms with Crippen LogP contribution in [0.3, 0.4) is 0 Å². The molecule has 23 heavy (non-hydrogen) atoms. The highest BCUT2D eigenvalue weighted by Crippen LogP contribution is 2.28. The van der Waals surface area contributed by atoms with E-state index in [2.05, 4.69) is 15.2 Å². The van der Waals surface area contributed by atoms with Crippen molar-refractivity contribution in [3.63, 3.8) is 0 Å². The van der Waals surface area contributed by atoms with Crippen molar-refractivity contribution in [2.75, 3.05) is 6.26 Å². The van der Waals surface area contributed by atoms with Gasteiger partial charge in [-0.25, -0.2) is 0 Å². The number of aryl methyl sites for hydroxylation is 1. The van der Waals surface area contributed by atoms with Gasteiger partial charge in [0.2, 0.25) is 11.5 Å². The SMILES string of the molecule is CSCc1cccc(-c2noc(-c3nn(C)cc3[N+](=O)[O-])n2)c1. The zero-order valence-electron chi connectivity index (χ0n) is 12.5. The Hall–Kier alpha value is -2.68. The molecule has 0 atom stereocenters. The van der Waals surface area contributed by atoms with Crippen LogP contribution in [0.25, 0.3) is 23.0 Å². The van der Waals surface area contributed by atoms with Gasteiger partial charge in [0.05, 0.1) is 4.92 Å². The smallest absolute Gasteiger partial charge is 0.320 e. The summed E-state index contributed by atoms with van der Waals surface area (Å²) in [6.45, 7) is 0. The van der Waals surface area contributed by atoms with Crippen molar-refractivity contribution in [2.45, 2.75) is 5.75 Å². The lowest BCUT2D eigenvalue weighted by molar-refractivity contribution is -0.384. The van der Waals surface area contributed by atoms with Crippen molar-refractivity contribution < 1.29 is 9.45 Å². The molecule has 2 aromatic heterocycles. The molecule has 1 aromatic carbocycles. The summed E-state index contributed by atoms with van der Waals surface area (Å²) in [6.07, 6.45) is 3.33. The number of nitrogens with zero attached hydrogens (tertiary/aromatic N) is 5. The molecule has 0 amide bonds. The van der Waals surface area contributed by atoms with Crippen LogP contribution in [-0.2, 0) is 12.8 Å². The molecule has 0 radical (unpaired) electrons. The molecule has 3 aromatic rings. The number of aromatic nitrogens is 4. The molecule has 118 valence electrons. The van der Waals surface area contributed by atoms with Gasteiger partial charge in [0.1, 0.15) is 6.20 Å². The van der Waals surface area contributed by atoms with E-state index in [4.69, 9.17) is 4.52 Å². The third-order valence-electron chi connectivity index (χ3n) is 3.13. The molecule has 0 aliphatic rings. The Morgan fingerprint density at radius 3 is 3.00 bits per heavy atom. The zero-order chi connectivity index (χ0) is 16.4. The summed E-state index contributed by atoms with van der Waals surface area (Å²) < 4.78 is 6.51. The van der Waals surface area contributed by atoms with Gasteiger partial charge in [0, 0.05) is 18.4 Å². The monoisotopic (exact) mass is 331 g/mol. The number of hydrogen-bond donors (Lipinski definition) is 0. The predicted molar refractivity (Wildman–Crippen MR) is 85.8 cm³/mol. The average molecular weight is 331 g/mol. The fourth-order valence-corrected chi connectivity index (χ4v) is 2.68. The lowest BCUT2D eigenvalue weighted by Gasteiger charge is -1.99. The van der Waals surface area contributed by atoms with Crippen molar-refractivity contribution >= 4 is 17.4 Å². The van der Waals surface area contributed by atoms with Crippen LogP contribution in [0.4, 0.5) is 5.69 Å². The molecule has 8 nitrogen and oxygen atoms in total. The van der Waals surface area contributed by atoms with E-state index in [0.717, 1.165) is 16.9 Å². The summed E-state index contributed by atoms with van der Waals surface area (Å²) in [5.74, 6) is 1.29. The standard InChI is InChI=1S/C14H13N5O3S/c1-18-7-11(19(20)21)12(16-18)14-15-13(17-22-14)10-5-3-4-9(6-10)8-23-2/h3-7H,8H2,1-2H3. The van der Waals surface area contributed by atoms with Crippen LogP contribution in [0.15, 0.2) is 35.0 Å². The van der Waals surface area contributed by atoms with Crippen LogP contribution in [0.2, 0.25) is 0 Å². The van der Waals surface area contributed by atoms with Crippen LogP contribution < -0.4 is 0 Å². The third kappa shape index (κ3) is 3.09. The maximum absolute atomic E-state index is 11.1. The van der Waals surface area contributed by atoms with Gasteiger partial charge in [-0.2, -0.15) is 21.8 Å². The lowest BCUT2D eigenvalue weighted by Crippen LogP contribution is -1.90. The lowest BCUT2D eigenvalue weighted by atomic mass is 10.1. The number of hydrogen-bond acceptors (Lipinski definition) is 7. The minimum Gasteiger partial charge on any atom is -0.332 e. The van der Waals surface area contributed by atoms with E-state index < -0.39 is 4.92 Å². The van der Waals surface area contributed by atoms with Crippen molar-refractivity contribution in [2.24, 2.45) is 7.05 Å².